The maximum absolute atomic E-state index is 12.6. The van der Waals surface area contributed by atoms with Crippen LogP contribution in [0.3, 0.4) is 0 Å². The fourth-order valence-electron chi connectivity index (χ4n) is 1.89. The quantitative estimate of drug-likeness (QED) is 0.908. The van der Waals surface area contributed by atoms with Crippen LogP contribution in [0.25, 0.3) is 0 Å². The van der Waals surface area contributed by atoms with E-state index in [0.717, 1.165) is 10.7 Å². The number of anilines is 1. The van der Waals surface area contributed by atoms with E-state index in [1.807, 2.05) is 12.3 Å². The third-order valence-corrected chi connectivity index (χ3v) is 3.80. The van der Waals surface area contributed by atoms with Crippen molar-refractivity contribution in [3.8, 4) is 0 Å². The smallest absolute Gasteiger partial charge is 0.415 e. The van der Waals surface area contributed by atoms with E-state index in [1.165, 1.54) is 28.5 Å². The summed E-state index contributed by atoms with van der Waals surface area (Å²) in [6.45, 7) is 7.37. The van der Waals surface area contributed by atoms with Crippen LogP contribution in [0, 0.1) is 6.92 Å². The first-order valence-electron chi connectivity index (χ1n) is 7.26. The zero-order valence-electron chi connectivity index (χ0n) is 13.9. The molecule has 0 aliphatic heterocycles. The number of thiazole rings is 1. The normalized spacial score (nSPS) is 11.2. The van der Waals surface area contributed by atoms with Crippen molar-refractivity contribution in [1.82, 2.24) is 9.97 Å². The lowest BCUT2D eigenvalue weighted by Crippen LogP contribution is -2.36. The average molecular weight is 349 g/mol. The Bertz CT molecular complexity index is 752. The topological polar surface area (TPSA) is 92.6 Å². The summed E-state index contributed by atoms with van der Waals surface area (Å²) in [5.41, 5.74) is 0.442. The molecule has 1 N–H and O–H groups in total. The molecule has 0 radical (unpaired) electrons. The summed E-state index contributed by atoms with van der Waals surface area (Å²) in [5, 5.41) is 11.7. The highest BCUT2D eigenvalue weighted by atomic mass is 32.1. The summed E-state index contributed by atoms with van der Waals surface area (Å²) in [6.07, 6.45) is 0.779. The summed E-state index contributed by atoms with van der Waals surface area (Å²) < 4.78 is 5.43. The number of rotatable bonds is 4. The van der Waals surface area contributed by atoms with Crippen molar-refractivity contribution in [3.63, 3.8) is 0 Å². The molecule has 8 heteroatoms. The zero-order valence-corrected chi connectivity index (χ0v) is 14.8. The molecule has 2 heterocycles. The third kappa shape index (κ3) is 4.76. The van der Waals surface area contributed by atoms with Crippen LogP contribution in [0.1, 0.15) is 42.0 Å². The molecule has 2 aromatic rings. The van der Waals surface area contributed by atoms with Gasteiger partial charge in [-0.3, -0.25) is 4.90 Å². The molecule has 128 valence electrons. The molecular formula is C16H19N3O4S. The molecular weight excluding hydrogens is 330 g/mol. The maximum atomic E-state index is 12.6. The molecule has 0 atom stereocenters. The average Bonchev–Trinajstić information content (AvgIpc) is 2.88. The Hall–Kier alpha value is -2.48. The number of pyridine rings is 1. The molecule has 0 aliphatic carbocycles. The van der Waals surface area contributed by atoms with Crippen molar-refractivity contribution in [3.05, 3.63) is 40.1 Å². The highest BCUT2D eigenvalue weighted by Crippen LogP contribution is 2.22. The molecule has 0 fully saturated rings. The molecule has 2 aromatic heterocycles. The van der Waals surface area contributed by atoms with Gasteiger partial charge in [0.25, 0.3) is 0 Å². The molecule has 1 amide bonds. The van der Waals surface area contributed by atoms with Crippen LogP contribution in [-0.2, 0) is 11.3 Å². The second kappa shape index (κ2) is 6.96. The minimum atomic E-state index is -1.16. The summed E-state index contributed by atoms with van der Waals surface area (Å²) in [7, 11) is 0. The molecule has 0 unspecified atom stereocenters. The molecule has 0 aromatic carbocycles. The number of hydrogen-bond donors (Lipinski definition) is 1. The Morgan fingerprint density at radius 1 is 1.38 bits per heavy atom. The van der Waals surface area contributed by atoms with E-state index >= 15 is 0 Å². The van der Waals surface area contributed by atoms with Crippen LogP contribution in [0.5, 0.6) is 0 Å². The number of carboxylic acid groups (broad SMARTS) is 1. The van der Waals surface area contributed by atoms with Crippen molar-refractivity contribution in [2.45, 2.75) is 39.8 Å². The summed E-state index contributed by atoms with van der Waals surface area (Å²) in [6, 6.07) is 2.91. The number of hydrogen-bond acceptors (Lipinski definition) is 6. The summed E-state index contributed by atoms with van der Waals surface area (Å²) >= 11 is 1.43. The van der Waals surface area contributed by atoms with E-state index in [2.05, 4.69) is 9.97 Å². The number of aryl methyl sites for hydroxylation is 1. The first kappa shape index (κ1) is 17.9. The van der Waals surface area contributed by atoms with E-state index in [4.69, 9.17) is 9.84 Å². The standard InChI is InChI=1S/C16H19N3O4S/c1-10-9-24-13(18-10)8-19(15(22)23-16(2,3)4)11-5-6-17-12(7-11)14(20)21/h5-7,9H,8H2,1-4H3,(H,20,21). The number of carboxylic acids is 1. The van der Waals surface area contributed by atoms with Crippen LogP contribution < -0.4 is 4.90 Å². The van der Waals surface area contributed by atoms with Gasteiger partial charge < -0.3 is 9.84 Å². The predicted molar refractivity (Wildman–Crippen MR) is 90.5 cm³/mol. The first-order chi connectivity index (χ1) is 11.2. The predicted octanol–water partition coefficient (Wildman–Crippen LogP) is 3.49. The lowest BCUT2D eigenvalue weighted by Gasteiger charge is -2.27. The summed E-state index contributed by atoms with van der Waals surface area (Å²) in [5.74, 6) is -1.16. The van der Waals surface area contributed by atoms with Crippen molar-refractivity contribution in [2.75, 3.05) is 4.90 Å². The monoisotopic (exact) mass is 349 g/mol. The molecule has 0 spiro atoms. The van der Waals surface area contributed by atoms with E-state index in [-0.39, 0.29) is 12.2 Å². The molecule has 0 saturated heterocycles. The van der Waals surface area contributed by atoms with Gasteiger partial charge in [-0.15, -0.1) is 11.3 Å². The minimum Gasteiger partial charge on any atom is -0.477 e. The lowest BCUT2D eigenvalue weighted by molar-refractivity contribution is 0.0575. The van der Waals surface area contributed by atoms with Gasteiger partial charge in [-0.1, -0.05) is 0 Å². The van der Waals surface area contributed by atoms with Crippen molar-refractivity contribution >= 4 is 29.1 Å². The van der Waals surface area contributed by atoms with Crippen molar-refractivity contribution in [1.29, 1.82) is 0 Å². The van der Waals surface area contributed by atoms with Crippen LogP contribution in [0.4, 0.5) is 10.5 Å². The minimum absolute atomic E-state index is 0.142. The number of aromatic nitrogens is 2. The third-order valence-electron chi connectivity index (χ3n) is 2.85. The summed E-state index contributed by atoms with van der Waals surface area (Å²) in [4.78, 5) is 33.2. The molecule has 0 aliphatic rings. The fraction of sp³-hybridized carbons (Fsp3) is 0.375. The molecule has 2 rings (SSSR count). The van der Waals surface area contributed by atoms with Crippen LogP contribution >= 0.6 is 11.3 Å². The zero-order chi connectivity index (χ0) is 17.9. The lowest BCUT2D eigenvalue weighted by atomic mass is 10.2. The Morgan fingerprint density at radius 2 is 2.08 bits per heavy atom. The van der Waals surface area contributed by atoms with Gasteiger partial charge in [-0.2, -0.15) is 0 Å². The number of carbonyl (C=O) groups is 2. The molecule has 7 nitrogen and oxygen atoms in total. The van der Waals surface area contributed by atoms with E-state index in [0.29, 0.717) is 5.69 Å². The van der Waals surface area contributed by atoms with Gasteiger partial charge in [-0.25, -0.2) is 19.6 Å². The van der Waals surface area contributed by atoms with Gasteiger partial charge in [0.2, 0.25) is 0 Å². The van der Waals surface area contributed by atoms with E-state index in [9.17, 15) is 9.59 Å². The van der Waals surface area contributed by atoms with Crippen molar-refractivity contribution in [2.24, 2.45) is 0 Å². The molecule has 24 heavy (non-hydrogen) atoms. The largest absolute Gasteiger partial charge is 0.477 e. The second-order valence-corrected chi connectivity index (χ2v) is 7.10. The van der Waals surface area contributed by atoms with Gasteiger partial charge in [0.05, 0.1) is 12.2 Å². The number of aromatic carboxylic acids is 1. The molecule has 0 saturated carbocycles. The van der Waals surface area contributed by atoms with E-state index < -0.39 is 17.7 Å². The van der Waals surface area contributed by atoms with Gasteiger partial charge in [0, 0.05) is 17.3 Å². The van der Waals surface area contributed by atoms with Crippen molar-refractivity contribution < 1.29 is 19.4 Å². The maximum Gasteiger partial charge on any atom is 0.415 e. The highest BCUT2D eigenvalue weighted by Gasteiger charge is 2.25. The number of nitrogens with zero attached hydrogens (tertiary/aromatic N) is 3. The van der Waals surface area contributed by atoms with Crippen LogP contribution in [0.2, 0.25) is 0 Å². The number of amides is 1. The number of carbonyl (C=O) groups excluding carboxylic acids is 1. The molecule has 0 bridgehead atoms. The van der Waals surface area contributed by atoms with Gasteiger partial charge in [0.15, 0.2) is 0 Å². The SMILES string of the molecule is Cc1csc(CN(C(=O)OC(C)(C)C)c2ccnc(C(=O)O)c2)n1. The van der Waals surface area contributed by atoms with Crippen LogP contribution in [0.15, 0.2) is 23.7 Å². The first-order valence-corrected chi connectivity index (χ1v) is 8.14. The Morgan fingerprint density at radius 3 is 2.62 bits per heavy atom. The van der Waals surface area contributed by atoms with Gasteiger partial charge in [0.1, 0.15) is 16.3 Å². The van der Waals surface area contributed by atoms with E-state index in [1.54, 1.807) is 26.8 Å². The Labute approximate surface area is 143 Å². The van der Waals surface area contributed by atoms with Crippen LogP contribution in [-0.4, -0.2) is 32.7 Å². The Kier molecular flexibility index (Phi) is 5.18. The fourth-order valence-corrected chi connectivity index (χ4v) is 2.65. The highest BCUT2D eigenvalue weighted by molar-refractivity contribution is 7.09. The number of ether oxygens (including phenoxy) is 1. The second-order valence-electron chi connectivity index (χ2n) is 6.15. The van der Waals surface area contributed by atoms with Gasteiger partial charge >= 0.3 is 12.1 Å². The Balaban J connectivity index is 2.36. The van der Waals surface area contributed by atoms with Gasteiger partial charge in [-0.05, 0) is 39.8 Å².